The Kier molecular flexibility index (Phi) is 5.48. The monoisotopic (exact) mass is 441 g/mol. The topological polar surface area (TPSA) is 98.1 Å². The van der Waals surface area contributed by atoms with Gasteiger partial charge in [-0.2, -0.15) is 4.39 Å². The largest absolute Gasteiger partial charge is 0.493 e. The number of carbonyl (C=O) groups is 1. The van der Waals surface area contributed by atoms with Gasteiger partial charge in [0, 0.05) is 29.4 Å². The van der Waals surface area contributed by atoms with Crippen LogP contribution in [0.5, 0.6) is 5.75 Å². The molecule has 32 heavy (non-hydrogen) atoms. The van der Waals surface area contributed by atoms with E-state index in [4.69, 9.17) is 10.5 Å². The van der Waals surface area contributed by atoms with Gasteiger partial charge in [-0.1, -0.05) is 19.9 Å². The Bertz CT molecular complexity index is 1270. The number of benzene rings is 1. The van der Waals surface area contributed by atoms with Crippen LogP contribution in [-0.2, 0) is 0 Å². The molecule has 2 heterocycles. The first-order chi connectivity index (χ1) is 15.1. The average Bonchev–Trinajstić information content (AvgIpc) is 2.74. The highest BCUT2D eigenvalue weighted by Gasteiger charge is 2.39. The first-order valence-electron chi connectivity index (χ1n) is 10.5. The minimum atomic E-state index is -1.02. The number of aromatic amines is 1. The van der Waals surface area contributed by atoms with Gasteiger partial charge in [-0.05, 0) is 42.7 Å². The van der Waals surface area contributed by atoms with E-state index in [0.29, 0.717) is 23.2 Å². The Hall–Kier alpha value is -3.29. The van der Waals surface area contributed by atoms with Gasteiger partial charge >= 0.3 is 0 Å². The maximum Gasteiger partial charge on any atom is 0.268 e. The molecule has 0 saturated heterocycles. The fourth-order valence-electron chi connectivity index (χ4n) is 4.94. The summed E-state index contributed by atoms with van der Waals surface area (Å²) in [5, 5.41) is 0.141. The fraction of sp³-hybridized carbons (Fsp3) is 0.375. The van der Waals surface area contributed by atoms with Gasteiger partial charge in [-0.25, -0.2) is 4.39 Å². The van der Waals surface area contributed by atoms with Crippen molar-refractivity contribution in [3.8, 4) is 5.75 Å². The van der Waals surface area contributed by atoms with Gasteiger partial charge in [0.1, 0.15) is 5.69 Å². The van der Waals surface area contributed by atoms with Gasteiger partial charge in [-0.3, -0.25) is 14.6 Å². The van der Waals surface area contributed by atoms with Crippen LogP contribution < -0.4 is 15.9 Å². The molecule has 1 saturated carbocycles. The molecule has 3 aromatic rings. The van der Waals surface area contributed by atoms with Gasteiger partial charge in [0.05, 0.1) is 18.0 Å². The summed E-state index contributed by atoms with van der Waals surface area (Å²) >= 11 is 0. The van der Waals surface area contributed by atoms with Crippen molar-refractivity contribution < 1.29 is 18.3 Å². The molecule has 1 fully saturated rings. The summed E-state index contributed by atoms with van der Waals surface area (Å²) in [4.78, 5) is 31.9. The number of halogens is 2. The first kappa shape index (κ1) is 21.9. The third-order valence-corrected chi connectivity index (χ3v) is 6.47. The number of hydrogen-bond donors (Lipinski definition) is 2. The zero-order chi connectivity index (χ0) is 23.2. The number of rotatable bonds is 4. The van der Waals surface area contributed by atoms with Gasteiger partial charge in [-0.15, -0.1) is 0 Å². The van der Waals surface area contributed by atoms with E-state index in [0.717, 1.165) is 18.9 Å². The smallest absolute Gasteiger partial charge is 0.268 e. The highest BCUT2D eigenvalue weighted by molar-refractivity contribution is 6.03. The number of methoxy groups -OCH3 is 1. The highest BCUT2D eigenvalue weighted by atomic mass is 19.2. The zero-order valence-electron chi connectivity index (χ0n) is 18.2. The molecule has 0 bridgehead atoms. The van der Waals surface area contributed by atoms with Crippen molar-refractivity contribution in [2.24, 2.45) is 11.1 Å². The van der Waals surface area contributed by atoms with Crippen molar-refractivity contribution in [3.63, 3.8) is 0 Å². The van der Waals surface area contributed by atoms with E-state index in [9.17, 15) is 18.4 Å². The van der Waals surface area contributed by atoms with Crippen molar-refractivity contribution in [1.29, 1.82) is 0 Å². The van der Waals surface area contributed by atoms with E-state index in [2.05, 4.69) is 23.8 Å². The molecule has 1 aliphatic rings. The lowest BCUT2D eigenvalue weighted by molar-refractivity contribution is 0.0997. The van der Waals surface area contributed by atoms with E-state index in [1.165, 1.54) is 19.4 Å². The van der Waals surface area contributed by atoms with Crippen LogP contribution in [0.2, 0.25) is 0 Å². The van der Waals surface area contributed by atoms with E-state index in [1.54, 1.807) is 12.1 Å². The summed E-state index contributed by atoms with van der Waals surface area (Å²) in [6.45, 7) is 4.27. The van der Waals surface area contributed by atoms with Crippen molar-refractivity contribution in [2.45, 2.75) is 44.9 Å². The summed E-state index contributed by atoms with van der Waals surface area (Å²) in [5.41, 5.74) is 6.59. The van der Waals surface area contributed by atoms with E-state index >= 15 is 0 Å². The predicted molar refractivity (Wildman–Crippen MR) is 117 cm³/mol. The molecular formula is C24H25F2N3O3. The number of primary amides is 1. The lowest BCUT2D eigenvalue weighted by Gasteiger charge is -2.41. The predicted octanol–water partition coefficient (Wildman–Crippen LogP) is 4.39. The molecule has 1 amide bonds. The van der Waals surface area contributed by atoms with Crippen LogP contribution in [0, 0.1) is 17.0 Å². The number of nitrogens with two attached hydrogens (primary N) is 1. The van der Waals surface area contributed by atoms with Crippen LogP contribution in [0.25, 0.3) is 10.9 Å². The summed E-state index contributed by atoms with van der Waals surface area (Å²) in [6, 6.07) is 5.75. The molecule has 0 unspecified atom stereocenters. The van der Waals surface area contributed by atoms with Crippen LogP contribution in [0.15, 0.2) is 35.3 Å². The fourth-order valence-corrected chi connectivity index (χ4v) is 4.94. The third-order valence-electron chi connectivity index (χ3n) is 6.47. The summed E-state index contributed by atoms with van der Waals surface area (Å²) in [7, 11) is 1.32. The quantitative estimate of drug-likeness (QED) is 0.628. The standard InChI is InChI=1S/C24H25F2N3O3/c1-24(2)8-6-12(14(11-24)13-4-5-15(25)20(26)22(13)32-3)17-10-18(30)19-16(29-17)7-9-28-21(19)23(27)31/h4-5,7,9-10,12,14H,6,8,11H2,1-3H3,(H2,27,31)(H,29,30)/t12-,14-/m0/s1. The molecule has 1 aromatic carbocycles. The molecule has 8 heteroatoms. The summed E-state index contributed by atoms with van der Waals surface area (Å²) in [5.74, 6) is -3.25. The minimum Gasteiger partial charge on any atom is -0.493 e. The molecular weight excluding hydrogens is 416 g/mol. The number of pyridine rings is 2. The second-order valence-electron chi connectivity index (χ2n) is 9.14. The molecule has 3 N–H and O–H groups in total. The normalized spacial score (nSPS) is 20.3. The van der Waals surface area contributed by atoms with E-state index in [1.807, 2.05) is 0 Å². The summed E-state index contributed by atoms with van der Waals surface area (Å²) < 4.78 is 33.6. The number of ether oxygens (including phenoxy) is 1. The molecule has 2 atom stereocenters. The Morgan fingerprint density at radius 3 is 2.69 bits per heavy atom. The number of hydrogen-bond acceptors (Lipinski definition) is 4. The average molecular weight is 441 g/mol. The molecule has 2 aromatic heterocycles. The van der Waals surface area contributed by atoms with Crippen LogP contribution in [-0.4, -0.2) is 23.0 Å². The molecule has 0 radical (unpaired) electrons. The Morgan fingerprint density at radius 1 is 1.25 bits per heavy atom. The van der Waals surface area contributed by atoms with Crippen molar-refractivity contribution in [2.75, 3.05) is 7.11 Å². The first-order valence-corrected chi connectivity index (χ1v) is 10.5. The molecule has 0 spiro atoms. The minimum absolute atomic E-state index is 0.0305. The number of fused-ring (bicyclic) bond motifs is 1. The summed E-state index contributed by atoms with van der Waals surface area (Å²) in [6.07, 6.45) is 3.74. The number of aromatic nitrogens is 2. The molecule has 1 aliphatic carbocycles. The second kappa shape index (κ2) is 8.00. The number of amides is 1. The van der Waals surface area contributed by atoms with Gasteiger partial charge in [0.2, 0.25) is 5.82 Å². The van der Waals surface area contributed by atoms with Crippen molar-refractivity contribution in [1.82, 2.24) is 9.97 Å². The van der Waals surface area contributed by atoms with E-state index in [-0.39, 0.29) is 39.5 Å². The van der Waals surface area contributed by atoms with Crippen molar-refractivity contribution in [3.05, 3.63) is 69.3 Å². The number of nitrogens with zero attached hydrogens (tertiary/aromatic N) is 1. The van der Waals surface area contributed by atoms with Crippen LogP contribution >= 0.6 is 0 Å². The van der Waals surface area contributed by atoms with Crippen molar-refractivity contribution >= 4 is 16.8 Å². The molecule has 168 valence electrons. The third kappa shape index (κ3) is 3.74. The van der Waals surface area contributed by atoms with Gasteiger partial charge in [0.25, 0.3) is 5.91 Å². The van der Waals surface area contributed by atoms with Gasteiger partial charge in [0.15, 0.2) is 17.0 Å². The lowest BCUT2D eigenvalue weighted by Crippen LogP contribution is -2.29. The lowest BCUT2D eigenvalue weighted by atomic mass is 9.64. The number of H-pyrrole nitrogens is 1. The maximum atomic E-state index is 14.5. The van der Waals surface area contributed by atoms with Crippen LogP contribution in [0.3, 0.4) is 0 Å². The highest BCUT2D eigenvalue weighted by Crippen LogP contribution is 2.52. The van der Waals surface area contributed by atoms with Crippen LogP contribution in [0.1, 0.15) is 66.7 Å². The molecule has 6 nitrogen and oxygen atoms in total. The van der Waals surface area contributed by atoms with Crippen LogP contribution in [0.4, 0.5) is 8.78 Å². The number of carbonyl (C=O) groups excluding carboxylic acids is 1. The SMILES string of the molecule is COc1c([C@H]2CC(C)(C)CC[C@@H]2c2cc(=O)c3c(C(N)=O)nccc3[nH]2)ccc(F)c1F. The Morgan fingerprint density at radius 2 is 2.00 bits per heavy atom. The second-order valence-corrected chi connectivity index (χ2v) is 9.14. The number of nitrogens with one attached hydrogen (secondary N) is 1. The Balaban J connectivity index is 1.89. The molecule has 4 rings (SSSR count). The van der Waals surface area contributed by atoms with Gasteiger partial charge < -0.3 is 15.5 Å². The maximum absolute atomic E-state index is 14.5. The van der Waals surface area contributed by atoms with E-state index < -0.39 is 17.5 Å². The molecule has 0 aliphatic heterocycles. The zero-order valence-corrected chi connectivity index (χ0v) is 18.2. The Labute approximate surface area is 183 Å².